The Morgan fingerprint density at radius 1 is 1.21 bits per heavy atom. The van der Waals surface area contributed by atoms with E-state index in [4.69, 9.17) is 4.74 Å². The molecule has 1 N–H and O–H groups in total. The van der Waals surface area contributed by atoms with E-state index in [1.54, 1.807) is 6.07 Å². The number of nitrogens with one attached hydrogen (secondary N) is 1. The highest BCUT2D eigenvalue weighted by atomic mass is 19.1. The van der Waals surface area contributed by atoms with Gasteiger partial charge in [0, 0.05) is 12.1 Å². The molecule has 4 nitrogen and oxygen atoms in total. The van der Waals surface area contributed by atoms with E-state index in [0.29, 0.717) is 17.4 Å². The number of hydrogen-bond acceptors (Lipinski definition) is 3. The predicted octanol–water partition coefficient (Wildman–Crippen LogP) is 6.14. The van der Waals surface area contributed by atoms with E-state index in [9.17, 15) is 4.79 Å². The van der Waals surface area contributed by atoms with Crippen LogP contribution < -0.4 is 5.32 Å². The average Bonchev–Trinajstić information content (AvgIpc) is 3.02. The zero-order chi connectivity index (χ0) is 24.0. The number of nitrogens with zero attached hydrogens (tertiary/aromatic N) is 1. The fraction of sp³-hybridized carbons (Fsp3) is 0.552. The van der Waals surface area contributed by atoms with Crippen LogP contribution in [0.1, 0.15) is 63.3 Å². The highest BCUT2D eigenvalue weighted by Gasteiger charge is 2.42. The van der Waals surface area contributed by atoms with Crippen molar-refractivity contribution in [3.8, 4) is 11.1 Å². The molecule has 0 spiro atoms. The van der Waals surface area contributed by atoms with Gasteiger partial charge in [0.15, 0.2) is 0 Å². The number of piperidine rings is 3. The van der Waals surface area contributed by atoms with Crippen molar-refractivity contribution in [2.45, 2.75) is 65.5 Å². The van der Waals surface area contributed by atoms with Crippen molar-refractivity contribution in [1.82, 2.24) is 10.2 Å². The maximum atomic E-state index is 15.4. The number of halogens is 1. The highest BCUT2D eigenvalue weighted by molar-refractivity contribution is 5.71. The molecule has 3 fully saturated rings. The Balaban J connectivity index is 1.36. The van der Waals surface area contributed by atoms with Crippen molar-refractivity contribution >= 4 is 6.09 Å². The maximum absolute atomic E-state index is 15.4. The Labute approximate surface area is 202 Å². The van der Waals surface area contributed by atoms with Crippen molar-refractivity contribution in [3.63, 3.8) is 0 Å². The van der Waals surface area contributed by atoms with Crippen LogP contribution in [0.25, 0.3) is 11.1 Å². The predicted molar refractivity (Wildman–Crippen MR) is 133 cm³/mol. The zero-order valence-electron chi connectivity index (χ0n) is 20.9. The minimum atomic E-state index is -0.379. The first kappa shape index (κ1) is 23.3. The van der Waals surface area contributed by atoms with Gasteiger partial charge in [-0.1, -0.05) is 52.0 Å². The van der Waals surface area contributed by atoms with Crippen LogP contribution in [0.3, 0.4) is 0 Å². The molecule has 0 aromatic heterocycles. The lowest BCUT2D eigenvalue weighted by atomic mass is 9.85. The lowest BCUT2D eigenvalue weighted by molar-refractivity contribution is -0.0349. The number of amides is 1. The molecule has 1 aliphatic carbocycles. The molecule has 5 heteroatoms. The molecule has 0 saturated carbocycles. The second-order valence-electron chi connectivity index (χ2n) is 11.7. The molecular weight excluding hydrogens is 427 g/mol. The summed E-state index contributed by atoms with van der Waals surface area (Å²) in [6, 6.07) is 11.6. The fourth-order valence-electron chi connectivity index (χ4n) is 6.23. The van der Waals surface area contributed by atoms with Gasteiger partial charge in [-0.2, -0.15) is 0 Å². The van der Waals surface area contributed by atoms with E-state index in [2.05, 4.69) is 50.0 Å². The van der Waals surface area contributed by atoms with Crippen LogP contribution in [0.2, 0.25) is 0 Å². The van der Waals surface area contributed by atoms with Gasteiger partial charge in [0.05, 0.1) is 6.04 Å². The molecule has 3 heterocycles. The number of carbonyl (C=O) groups excluding carboxylic acids is 1. The molecule has 3 aliphatic heterocycles. The van der Waals surface area contributed by atoms with Crippen molar-refractivity contribution < 1.29 is 13.9 Å². The second kappa shape index (κ2) is 8.99. The van der Waals surface area contributed by atoms with Crippen molar-refractivity contribution in [2.75, 3.05) is 19.6 Å². The van der Waals surface area contributed by atoms with Crippen molar-refractivity contribution in [1.29, 1.82) is 0 Å². The molecule has 2 atom stereocenters. The van der Waals surface area contributed by atoms with Crippen LogP contribution in [0.4, 0.5) is 9.18 Å². The van der Waals surface area contributed by atoms with Crippen LogP contribution in [-0.4, -0.2) is 36.7 Å². The minimum Gasteiger partial charge on any atom is -0.445 e. The van der Waals surface area contributed by atoms with E-state index < -0.39 is 0 Å². The molecular formula is C29H37FN2O2. The third kappa shape index (κ3) is 4.59. The molecule has 0 radical (unpaired) electrons. The third-order valence-electron chi connectivity index (χ3n) is 7.97. The molecule has 3 saturated heterocycles. The van der Waals surface area contributed by atoms with Gasteiger partial charge in [0.25, 0.3) is 0 Å². The first-order valence-electron chi connectivity index (χ1n) is 12.8. The Hall–Kier alpha value is -2.40. The molecule has 0 unspecified atom stereocenters. The Kier molecular flexibility index (Phi) is 6.18. The first-order valence-corrected chi connectivity index (χ1v) is 12.8. The smallest absolute Gasteiger partial charge is 0.407 e. The molecule has 4 aliphatic rings. The van der Waals surface area contributed by atoms with Gasteiger partial charge >= 0.3 is 6.09 Å². The molecule has 34 heavy (non-hydrogen) atoms. The number of carbonyl (C=O) groups is 1. The Bertz CT molecular complexity index is 1070. The van der Waals surface area contributed by atoms with E-state index in [1.807, 2.05) is 18.2 Å². The number of rotatable bonds is 5. The van der Waals surface area contributed by atoms with E-state index in [1.165, 1.54) is 5.56 Å². The summed E-state index contributed by atoms with van der Waals surface area (Å²) in [6.45, 7) is 11.7. The summed E-state index contributed by atoms with van der Waals surface area (Å²) in [7, 11) is 0. The summed E-state index contributed by atoms with van der Waals surface area (Å²) in [5.41, 5.74) is 4.52. The van der Waals surface area contributed by atoms with Crippen molar-refractivity contribution in [2.24, 2.45) is 17.3 Å². The molecule has 2 aromatic rings. The van der Waals surface area contributed by atoms with Crippen LogP contribution in [-0.2, 0) is 17.6 Å². The molecule has 2 bridgehead atoms. The third-order valence-corrected chi connectivity index (χ3v) is 7.97. The molecule has 2 aromatic carbocycles. The number of fused-ring (bicyclic) bond motifs is 4. The molecule has 182 valence electrons. The number of hydrogen-bond donors (Lipinski definition) is 1. The summed E-state index contributed by atoms with van der Waals surface area (Å²) in [5.74, 6) is 0.773. The Morgan fingerprint density at radius 3 is 2.65 bits per heavy atom. The summed E-state index contributed by atoms with van der Waals surface area (Å²) < 4.78 is 21.3. The Morgan fingerprint density at radius 2 is 1.97 bits per heavy atom. The first-order chi connectivity index (χ1) is 16.2. The van der Waals surface area contributed by atoms with Gasteiger partial charge in [0.1, 0.15) is 11.9 Å². The monoisotopic (exact) mass is 464 g/mol. The van der Waals surface area contributed by atoms with Crippen LogP contribution >= 0.6 is 0 Å². The second-order valence-corrected chi connectivity index (χ2v) is 11.7. The van der Waals surface area contributed by atoms with Gasteiger partial charge in [-0.05, 0) is 90.4 Å². The average molecular weight is 465 g/mol. The molecule has 6 rings (SSSR count). The number of alkyl carbamates (subject to hydrolysis) is 1. The van der Waals surface area contributed by atoms with E-state index in [-0.39, 0.29) is 29.5 Å². The van der Waals surface area contributed by atoms with Crippen LogP contribution in [0, 0.1) is 23.1 Å². The van der Waals surface area contributed by atoms with Gasteiger partial charge in [-0.3, -0.25) is 4.90 Å². The highest BCUT2D eigenvalue weighted by Crippen LogP contribution is 2.47. The van der Waals surface area contributed by atoms with Crippen LogP contribution in [0.15, 0.2) is 36.4 Å². The lowest BCUT2D eigenvalue weighted by Gasteiger charge is -2.44. The SMILES string of the molecule is CC(C)Cc1cccc(-c2cc3c(cc2F)[C@H](NC(=O)O[C@@H]2CN4CCC2CC4)C(C)(C)C3)c1. The van der Waals surface area contributed by atoms with E-state index in [0.717, 1.165) is 62.0 Å². The number of ether oxygens (including phenoxy) is 1. The van der Waals surface area contributed by atoms with E-state index >= 15 is 4.39 Å². The lowest BCUT2D eigenvalue weighted by Crippen LogP contribution is -2.53. The van der Waals surface area contributed by atoms with Gasteiger partial charge in [-0.15, -0.1) is 0 Å². The summed E-state index contributed by atoms with van der Waals surface area (Å²) in [6.07, 6.45) is 3.54. The van der Waals surface area contributed by atoms with Gasteiger partial charge < -0.3 is 10.1 Å². The zero-order valence-corrected chi connectivity index (χ0v) is 20.9. The van der Waals surface area contributed by atoms with Crippen LogP contribution in [0.5, 0.6) is 0 Å². The van der Waals surface area contributed by atoms with Crippen molar-refractivity contribution in [3.05, 3.63) is 58.9 Å². The topological polar surface area (TPSA) is 41.6 Å². The summed E-state index contributed by atoms with van der Waals surface area (Å²) in [5, 5.41) is 3.10. The largest absolute Gasteiger partial charge is 0.445 e. The minimum absolute atomic E-state index is 0.0382. The normalized spacial score (nSPS) is 27.0. The number of benzene rings is 2. The fourth-order valence-corrected chi connectivity index (χ4v) is 6.23. The standard InChI is InChI=1S/C29H37FN2O2/c1-18(2)12-19-6-5-7-21(13-19)23-14-22-16-29(3,4)27(24(22)15-25(23)30)31-28(33)34-26-17-32-10-8-20(26)9-11-32/h5-7,13-15,18,20,26-27H,8-12,16-17H2,1-4H3,(H,31,33)/t26-,27+/m1/s1. The van der Waals surface area contributed by atoms with Gasteiger partial charge in [0.2, 0.25) is 0 Å². The molecule has 1 amide bonds. The van der Waals surface area contributed by atoms with Gasteiger partial charge in [-0.25, -0.2) is 9.18 Å². The maximum Gasteiger partial charge on any atom is 0.407 e. The summed E-state index contributed by atoms with van der Waals surface area (Å²) in [4.78, 5) is 15.3. The summed E-state index contributed by atoms with van der Waals surface area (Å²) >= 11 is 0. The quantitative estimate of drug-likeness (QED) is 0.578.